The summed E-state index contributed by atoms with van der Waals surface area (Å²) in [5.41, 5.74) is 6.26. The van der Waals surface area contributed by atoms with Crippen molar-refractivity contribution >= 4 is 81.7 Å². The first kappa shape index (κ1) is 25.9. The maximum Gasteiger partial charge on any atom is 0.0991 e. The number of hydrogen-bond acceptors (Lipinski definition) is 2. The minimum Gasteiger partial charge on any atom is -0.309 e. The number of rotatable bonds is 4. The molecular weight excluding hydrogens is 569 g/mol. The molecule has 0 heterocycles. The largest absolute Gasteiger partial charge is 0.309 e. The van der Waals surface area contributed by atoms with Gasteiger partial charge in [-0.2, -0.15) is 5.26 Å². The Morgan fingerprint density at radius 3 is 1.19 bits per heavy atom. The van der Waals surface area contributed by atoms with Gasteiger partial charge in [-0.05, 0) is 101 Å². The van der Waals surface area contributed by atoms with Crippen LogP contribution in [0.15, 0.2) is 158 Å². The zero-order chi connectivity index (χ0) is 31.1. The average molecular weight is 595 g/mol. The van der Waals surface area contributed by atoms with E-state index < -0.39 is 0 Å². The molecule has 0 radical (unpaired) electrons. The summed E-state index contributed by atoms with van der Waals surface area (Å²) in [5, 5.41) is 24.5. The topological polar surface area (TPSA) is 27.0 Å². The van der Waals surface area contributed by atoms with E-state index in [-0.39, 0.29) is 0 Å². The summed E-state index contributed by atoms with van der Waals surface area (Å²) >= 11 is 0. The Balaban J connectivity index is 1.26. The second-order valence-electron chi connectivity index (χ2n) is 12.5. The standard InChI is InChI=1S/C45H26N2/c46-27-28-7-9-29(10-8-28)30-15-21-37(22-16-30)47(40-25-19-35-13-11-31-3-1-5-33-17-23-38(40)44(35)42(31)33)41-26-20-36-14-12-32-4-2-6-34-18-24-39(41)45(36)43(32)34/h1-26H. The summed E-state index contributed by atoms with van der Waals surface area (Å²) < 4.78 is 0. The van der Waals surface area contributed by atoms with Crippen molar-refractivity contribution in [1.82, 2.24) is 0 Å². The smallest absolute Gasteiger partial charge is 0.0991 e. The third-order valence-electron chi connectivity index (χ3n) is 9.97. The lowest BCUT2D eigenvalue weighted by Crippen LogP contribution is -2.11. The molecule has 0 amide bonds. The molecule has 10 aromatic rings. The predicted octanol–water partition coefficient (Wildman–Crippen LogP) is 12.5. The maximum atomic E-state index is 9.29. The lowest BCUT2D eigenvalue weighted by molar-refractivity contribution is 1.32. The highest BCUT2D eigenvalue weighted by Gasteiger charge is 2.21. The monoisotopic (exact) mass is 594 g/mol. The Hall–Kier alpha value is -6.43. The van der Waals surface area contributed by atoms with Crippen LogP contribution in [-0.2, 0) is 0 Å². The van der Waals surface area contributed by atoms with Gasteiger partial charge in [0.15, 0.2) is 0 Å². The van der Waals surface area contributed by atoms with E-state index in [0.29, 0.717) is 5.56 Å². The molecule has 2 nitrogen and oxygen atoms in total. The van der Waals surface area contributed by atoms with Crippen LogP contribution in [0.2, 0.25) is 0 Å². The van der Waals surface area contributed by atoms with E-state index in [2.05, 4.69) is 144 Å². The van der Waals surface area contributed by atoms with E-state index in [4.69, 9.17) is 0 Å². The van der Waals surface area contributed by atoms with Gasteiger partial charge < -0.3 is 4.90 Å². The molecule has 0 N–H and O–H groups in total. The van der Waals surface area contributed by atoms with Crippen LogP contribution in [0.5, 0.6) is 0 Å². The molecule has 0 aliphatic rings. The van der Waals surface area contributed by atoms with Gasteiger partial charge in [-0.25, -0.2) is 0 Å². The normalized spacial score (nSPS) is 11.8. The van der Waals surface area contributed by atoms with Crippen molar-refractivity contribution in [3.8, 4) is 17.2 Å². The first-order valence-electron chi connectivity index (χ1n) is 16.0. The van der Waals surface area contributed by atoms with Crippen LogP contribution in [0.3, 0.4) is 0 Å². The van der Waals surface area contributed by atoms with Gasteiger partial charge in [0, 0.05) is 16.5 Å². The van der Waals surface area contributed by atoms with Gasteiger partial charge in [0.05, 0.1) is 23.0 Å². The third-order valence-corrected chi connectivity index (χ3v) is 9.97. The van der Waals surface area contributed by atoms with Crippen LogP contribution in [0, 0.1) is 11.3 Å². The molecule has 0 fully saturated rings. The van der Waals surface area contributed by atoms with Crippen molar-refractivity contribution in [2.75, 3.05) is 4.90 Å². The molecule has 0 saturated heterocycles. The number of benzene rings is 10. The second kappa shape index (κ2) is 9.78. The number of hydrogen-bond donors (Lipinski definition) is 0. The zero-order valence-corrected chi connectivity index (χ0v) is 25.4. The summed E-state index contributed by atoms with van der Waals surface area (Å²) in [6, 6.07) is 59.3. The maximum absolute atomic E-state index is 9.29. The summed E-state index contributed by atoms with van der Waals surface area (Å²) in [6.07, 6.45) is 0. The Morgan fingerprint density at radius 1 is 0.362 bits per heavy atom. The minimum absolute atomic E-state index is 0.666. The van der Waals surface area contributed by atoms with Gasteiger partial charge >= 0.3 is 0 Å². The lowest BCUT2D eigenvalue weighted by Gasteiger charge is -2.29. The Bertz CT molecular complexity index is 2660. The first-order chi connectivity index (χ1) is 23.2. The Kier molecular flexibility index (Phi) is 5.38. The highest BCUT2D eigenvalue weighted by Crippen LogP contribution is 2.47. The zero-order valence-electron chi connectivity index (χ0n) is 25.4. The van der Waals surface area contributed by atoms with Crippen LogP contribution in [0.1, 0.15) is 5.56 Å². The molecule has 2 heteroatoms. The van der Waals surface area contributed by atoms with Crippen molar-refractivity contribution in [2.24, 2.45) is 0 Å². The molecule has 10 rings (SSSR count). The summed E-state index contributed by atoms with van der Waals surface area (Å²) in [5.74, 6) is 0. The van der Waals surface area contributed by atoms with Crippen LogP contribution in [-0.4, -0.2) is 0 Å². The van der Waals surface area contributed by atoms with Crippen molar-refractivity contribution in [1.29, 1.82) is 5.26 Å². The van der Waals surface area contributed by atoms with E-state index in [1.165, 1.54) is 64.6 Å². The number of nitriles is 1. The number of nitrogens with zero attached hydrogens (tertiary/aromatic N) is 2. The fourth-order valence-corrected chi connectivity index (χ4v) is 7.78. The lowest BCUT2D eigenvalue weighted by atomic mass is 9.91. The highest BCUT2D eigenvalue weighted by atomic mass is 15.1. The van der Waals surface area contributed by atoms with Crippen molar-refractivity contribution < 1.29 is 0 Å². The molecule has 0 aliphatic carbocycles. The van der Waals surface area contributed by atoms with Gasteiger partial charge in [-0.3, -0.25) is 0 Å². The molecule has 47 heavy (non-hydrogen) atoms. The molecule has 10 aromatic carbocycles. The summed E-state index contributed by atoms with van der Waals surface area (Å²) in [6.45, 7) is 0. The average Bonchev–Trinajstić information content (AvgIpc) is 3.14. The molecule has 0 bridgehead atoms. The summed E-state index contributed by atoms with van der Waals surface area (Å²) in [4.78, 5) is 2.44. The van der Waals surface area contributed by atoms with Crippen molar-refractivity contribution in [3.63, 3.8) is 0 Å². The summed E-state index contributed by atoms with van der Waals surface area (Å²) in [7, 11) is 0. The van der Waals surface area contributed by atoms with Gasteiger partial charge in [0.2, 0.25) is 0 Å². The molecular formula is C45H26N2. The van der Waals surface area contributed by atoms with Gasteiger partial charge in [0.25, 0.3) is 0 Å². The second-order valence-corrected chi connectivity index (χ2v) is 12.5. The molecule has 0 spiro atoms. The van der Waals surface area contributed by atoms with Crippen LogP contribution >= 0.6 is 0 Å². The highest BCUT2D eigenvalue weighted by molar-refractivity contribution is 6.28. The Morgan fingerprint density at radius 2 is 0.745 bits per heavy atom. The van der Waals surface area contributed by atoms with Crippen LogP contribution in [0.25, 0.3) is 75.8 Å². The van der Waals surface area contributed by atoms with Crippen molar-refractivity contribution in [3.05, 3.63) is 163 Å². The molecule has 0 atom stereocenters. The van der Waals surface area contributed by atoms with Gasteiger partial charge in [-0.1, -0.05) is 121 Å². The van der Waals surface area contributed by atoms with Crippen LogP contribution in [0.4, 0.5) is 17.1 Å². The van der Waals surface area contributed by atoms with Gasteiger partial charge in [0.1, 0.15) is 0 Å². The first-order valence-corrected chi connectivity index (χ1v) is 16.0. The van der Waals surface area contributed by atoms with Crippen LogP contribution < -0.4 is 4.90 Å². The fourth-order valence-electron chi connectivity index (χ4n) is 7.78. The minimum atomic E-state index is 0.666. The van der Waals surface area contributed by atoms with E-state index >= 15 is 0 Å². The van der Waals surface area contributed by atoms with E-state index in [0.717, 1.165) is 28.2 Å². The Labute approximate surface area is 271 Å². The number of anilines is 3. The molecule has 0 saturated carbocycles. The molecule has 216 valence electrons. The third kappa shape index (κ3) is 3.78. The quantitative estimate of drug-likeness (QED) is 0.190. The molecule has 0 aliphatic heterocycles. The SMILES string of the molecule is N#Cc1ccc(-c2ccc(N(c3ccc4ccc5cccc6ccc3c4c56)c3ccc4ccc5cccc6ccc3c4c56)cc2)cc1. The van der Waals surface area contributed by atoms with E-state index in [9.17, 15) is 5.26 Å². The predicted molar refractivity (Wildman–Crippen MR) is 199 cm³/mol. The van der Waals surface area contributed by atoms with E-state index in [1.807, 2.05) is 24.3 Å². The van der Waals surface area contributed by atoms with Crippen molar-refractivity contribution in [2.45, 2.75) is 0 Å². The molecule has 0 unspecified atom stereocenters. The fraction of sp³-hybridized carbons (Fsp3) is 0. The van der Waals surface area contributed by atoms with E-state index in [1.54, 1.807) is 0 Å². The van der Waals surface area contributed by atoms with Gasteiger partial charge in [-0.15, -0.1) is 0 Å². The molecule has 0 aromatic heterocycles.